The lowest BCUT2D eigenvalue weighted by atomic mass is 9.95. The van der Waals surface area contributed by atoms with E-state index in [1.54, 1.807) is 42.5 Å². The van der Waals surface area contributed by atoms with Crippen LogP contribution in [0.15, 0.2) is 42.5 Å². The molecular formula is C23H27ClN4O3. The van der Waals surface area contributed by atoms with Crippen LogP contribution in [0.5, 0.6) is 0 Å². The van der Waals surface area contributed by atoms with Gasteiger partial charge in [-0.3, -0.25) is 14.4 Å². The first-order valence-electron chi connectivity index (χ1n) is 10.4. The van der Waals surface area contributed by atoms with Gasteiger partial charge in [0.1, 0.15) is 0 Å². The average Bonchev–Trinajstić information content (AvgIpc) is 2.75. The van der Waals surface area contributed by atoms with Gasteiger partial charge in [-0.25, -0.2) is 0 Å². The van der Waals surface area contributed by atoms with Gasteiger partial charge < -0.3 is 21.3 Å². The normalized spacial score (nSPS) is 13.9. The molecule has 3 amide bonds. The zero-order valence-corrected chi connectivity index (χ0v) is 18.2. The molecule has 31 heavy (non-hydrogen) atoms. The maximum absolute atomic E-state index is 12.6. The van der Waals surface area contributed by atoms with Crippen molar-refractivity contribution < 1.29 is 14.4 Å². The molecule has 1 aliphatic carbocycles. The number of carbonyl (C=O) groups is 3. The Morgan fingerprint density at radius 2 is 1.52 bits per heavy atom. The fourth-order valence-corrected chi connectivity index (χ4v) is 3.75. The molecule has 0 saturated heterocycles. The van der Waals surface area contributed by atoms with E-state index in [2.05, 4.69) is 21.3 Å². The minimum absolute atomic E-state index is 0.0266. The molecule has 0 atom stereocenters. The maximum Gasteiger partial charge on any atom is 0.253 e. The Balaban J connectivity index is 1.53. The van der Waals surface area contributed by atoms with E-state index in [0.717, 1.165) is 25.7 Å². The highest BCUT2D eigenvalue weighted by Crippen LogP contribution is 2.23. The standard InChI is InChI=1S/C23H27ClN4O3/c1-15(29)26-17-7-9-18(10-8-17)27-22(30)14-25-19-11-12-21(24)20(13-19)23(31)28-16-5-3-2-4-6-16/h7-13,16,25H,2-6,14H2,1H3,(H,26,29)(H,27,30)(H,28,31). The Kier molecular flexibility index (Phi) is 7.89. The van der Waals surface area contributed by atoms with Crippen LogP contribution in [0, 0.1) is 0 Å². The van der Waals surface area contributed by atoms with Gasteiger partial charge in [0, 0.05) is 30.0 Å². The fraction of sp³-hybridized carbons (Fsp3) is 0.348. The van der Waals surface area contributed by atoms with Gasteiger partial charge in [-0.15, -0.1) is 0 Å². The zero-order chi connectivity index (χ0) is 22.2. The van der Waals surface area contributed by atoms with Crippen molar-refractivity contribution in [3.05, 3.63) is 53.1 Å². The third-order valence-corrected chi connectivity index (χ3v) is 5.42. The SMILES string of the molecule is CC(=O)Nc1ccc(NC(=O)CNc2ccc(Cl)c(C(=O)NC3CCCCC3)c2)cc1. The van der Waals surface area contributed by atoms with Crippen LogP contribution in [0.1, 0.15) is 49.4 Å². The van der Waals surface area contributed by atoms with E-state index in [0.29, 0.717) is 27.6 Å². The number of anilines is 3. The monoisotopic (exact) mass is 442 g/mol. The highest BCUT2D eigenvalue weighted by atomic mass is 35.5. The second-order valence-electron chi connectivity index (χ2n) is 7.66. The molecule has 0 unspecified atom stereocenters. The van der Waals surface area contributed by atoms with Crippen LogP contribution in [-0.4, -0.2) is 30.3 Å². The van der Waals surface area contributed by atoms with Gasteiger partial charge in [-0.1, -0.05) is 30.9 Å². The molecule has 0 spiro atoms. The molecule has 0 aliphatic heterocycles. The van der Waals surface area contributed by atoms with Crippen molar-refractivity contribution in [2.24, 2.45) is 0 Å². The summed E-state index contributed by atoms with van der Waals surface area (Å²) in [7, 11) is 0. The van der Waals surface area contributed by atoms with Crippen LogP contribution in [0.25, 0.3) is 0 Å². The van der Waals surface area contributed by atoms with Crippen LogP contribution in [0.3, 0.4) is 0 Å². The highest BCUT2D eigenvalue weighted by Gasteiger charge is 2.18. The van der Waals surface area contributed by atoms with E-state index < -0.39 is 0 Å². The van der Waals surface area contributed by atoms with Crippen molar-refractivity contribution in [2.45, 2.75) is 45.1 Å². The molecule has 7 nitrogen and oxygen atoms in total. The minimum atomic E-state index is -0.240. The number of benzene rings is 2. The summed E-state index contributed by atoms with van der Waals surface area (Å²) in [5.41, 5.74) is 2.30. The highest BCUT2D eigenvalue weighted by molar-refractivity contribution is 6.34. The van der Waals surface area contributed by atoms with E-state index >= 15 is 0 Å². The average molecular weight is 443 g/mol. The summed E-state index contributed by atoms with van der Waals surface area (Å²) in [6.45, 7) is 1.46. The van der Waals surface area contributed by atoms with Gasteiger partial charge in [-0.2, -0.15) is 0 Å². The van der Waals surface area contributed by atoms with Gasteiger partial charge in [0.05, 0.1) is 17.1 Å². The van der Waals surface area contributed by atoms with Crippen LogP contribution >= 0.6 is 11.6 Å². The molecule has 2 aromatic rings. The van der Waals surface area contributed by atoms with Crippen molar-refractivity contribution >= 4 is 46.4 Å². The third kappa shape index (κ3) is 7.00. The van der Waals surface area contributed by atoms with Crippen LogP contribution < -0.4 is 21.3 Å². The van der Waals surface area contributed by atoms with Crippen molar-refractivity contribution in [3.8, 4) is 0 Å². The summed E-state index contributed by atoms with van der Waals surface area (Å²) in [4.78, 5) is 35.9. The van der Waals surface area contributed by atoms with Gasteiger partial charge in [0.2, 0.25) is 11.8 Å². The molecule has 4 N–H and O–H groups in total. The quantitative estimate of drug-likeness (QED) is 0.510. The molecular weight excluding hydrogens is 416 g/mol. The summed E-state index contributed by atoms with van der Waals surface area (Å²) in [5.74, 6) is -0.588. The molecule has 2 aromatic carbocycles. The Morgan fingerprint density at radius 1 is 0.903 bits per heavy atom. The number of carbonyl (C=O) groups excluding carboxylic acids is 3. The van der Waals surface area contributed by atoms with Crippen LogP contribution in [0.4, 0.5) is 17.1 Å². The topological polar surface area (TPSA) is 99.3 Å². The van der Waals surface area contributed by atoms with Crippen LogP contribution in [-0.2, 0) is 9.59 Å². The first-order chi connectivity index (χ1) is 14.9. The fourth-order valence-electron chi connectivity index (χ4n) is 3.55. The number of rotatable bonds is 7. The first-order valence-corrected chi connectivity index (χ1v) is 10.8. The molecule has 0 radical (unpaired) electrons. The van der Waals surface area contributed by atoms with Gasteiger partial charge >= 0.3 is 0 Å². The van der Waals surface area contributed by atoms with Gasteiger partial charge in [-0.05, 0) is 55.3 Å². The van der Waals surface area contributed by atoms with E-state index in [-0.39, 0.29) is 30.3 Å². The summed E-state index contributed by atoms with van der Waals surface area (Å²) in [6.07, 6.45) is 5.46. The van der Waals surface area contributed by atoms with E-state index in [1.165, 1.54) is 13.3 Å². The number of hydrogen-bond acceptors (Lipinski definition) is 4. The van der Waals surface area contributed by atoms with E-state index in [4.69, 9.17) is 11.6 Å². The zero-order valence-electron chi connectivity index (χ0n) is 17.5. The second kappa shape index (κ2) is 10.8. The third-order valence-electron chi connectivity index (χ3n) is 5.09. The van der Waals surface area contributed by atoms with Crippen molar-refractivity contribution in [2.75, 3.05) is 22.5 Å². The first kappa shape index (κ1) is 22.6. The molecule has 3 rings (SSSR count). The predicted molar refractivity (Wildman–Crippen MR) is 124 cm³/mol. The summed E-state index contributed by atoms with van der Waals surface area (Å²) < 4.78 is 0. The van der Waals surface area contributed by atoms with Gasteiger partial charge in [0.25, 0.3) is 5.91 Å². The molecule has 1 fully saturated rings. The Labute approximate surface area is 186 Å². The summed E-state index contributed by atoms with van der Waals surface area (Å²) in [5, 5.41) is 11.9. The number of amides is 3. The largest absolute Gasteiger partial charge is 0.376 e. The van der Waals surface area contributed by atoms with Crippen molar-refractivity contribution in [3.63, 3.8) is 0 Å². The van der Waals surface area contributed by atoms with Crippen LogP contribution in [0.2, 0.25) is 5.02 Å². The van der Waals surface area contributed by atoms with E-state index in [9.17, 15) is 14.4 Å². The molecule has 8 heteroatoms. The second-order valence-corrected chi connectivity index (χ2v) is 8.07. The number of halogens is 1. The lowest BCUT2D eigenvalue weighted by molar-refractivity contribution is -0.115. The van der Waals surface area contributed by atoms with E-state index in [1.807, 2.05) is 0 Å². The number of nitrogens with one attached hydrogen (secondary N) is 4. The molecule has 0 heterocycles. The lowest BCUT2D eigenvalue weighted by Gasteiger charge is -2.23. The Morgan fingerprint density at radius 3 is 2.16 bits per heavy atom. The molecule has 1 saturated carbocycles. The Bertz CT molecular complexity index is 940. The molecule has 0 aromatic heterocycles. The summed E-state index contributed by atoms with van der Waals surface area (Å²) >= 11 is 6.23. The van der Waals surface area contributed by atoms with Crippen molar-refractivity contribution in [1.82, 2.24) is 5.32 Å². The van der Waals surface area contributed by atoms with Crippen molar-refractivity contribution in [1.29, 1.82) is 0 Å². The Hall–Kier alpha value is -3.06. The summed E-state index contributed by atoms with van der Waals surface area (Å²) in [6, 6.07) is 12.1. The smallest absolute Gasteiger partial charge is 0.253 e. The molecule has 164 valence electrons. The predicted octanol–water partition coefficient (Wildman–Crippen LogP) is 4.41. The lowest BCUT2D eigenvalue weighted by Crippen LogP contribution is -2.36. The maximum atomic E-state index is 12.6. The minimum Gasteiger partial charge on any atom is -0.376 e. The number of hydrogen-bond donors (Lipinski definition) is 4. The molecule has 1 aliphatic rings. The molecule has 0 bridgehead atoms. The van der Waals surface area contributed by atoms with Gasteiger partial charge in [0.15, 0.2) is 0 Å².